The van der Waals surface area contributed by atoms with Crippen LogP contribution in [0.1, 0.15) is 78.6 Å². The van der Waals surface area contributed by atoms with Crippen LogP contribution in [-0.2, 0) is 31.7 Å². The molecule has 10 rings (SSSR count). The lowest BCUT2D eigenvalue weighted by Gasteiger charge is -2.45. The number of pyridine rings is 3. The molecule has 9 atom stereocenters. The molecule has 0 amide bonds. The number of fused-ring (bicyclic) bond motifs is 4. The van der Waals surface area contributed by atoms with Crippen molar-refractivity contribution in [2.75, 3.05) is 6.61 Å². The highest BCUT2D eigenvalue weighted by Crippen LogP contribution is 2.53. The van der Waals surface area contributed by atoms with Crippen LogP contribution in [0.25, 0.3) is 34.4 Å². The molecule has 0 radical (unpaired) electrons. The lowest BCUT2D eigenvalue weighted by molar-refractivity contribution is -0.144. The number of carbonyl (C=O) groups is 2. The molecule has 11 heteroatoms. The Morgan fingerprint density at radius 3 is 2.19 bits per heavy atom. The molecule has 2 aliphatic heterocycles. The maximum Gasteiger partial charge on any atom is 0.416 e. The maximum absolute atomic E-state index is 14.7. The van der Waals surface area contributed by atoms with Crippen molar-refractivity contribution in [3.8, 4) is 22.3 Å². The third-order valence-corrected chi connectivity index (χ3v) is 14.0. The number of carbonyl (C=O) groups excluding carboxylic acids is 2. The van der Waals surface area contributed by atoms with Crippen molar-refractivity contribution in [3.63, 3.8) is 0 Å². The Morgan fingerprint density at radius 2 is 1.48 bits per heavy atom. The molecular formula is C52H49F4N3O4. The fraction of sp³-hybridized carbons (Fsp3) is 0.365. The van der Waals surface area contributed by atoms with Gasteiger partial charge in [0.2, 0.25) is 0 Å². The van der Waals surface area contributed by atoms with Gasteiger partial charge >= 0.3 is 18.1 Å². The van der Waals surface area contributed by atoms with Gasteiger partial charge in [-0.05, 0) is 122 Å². The summed E-state index contributed by atoms with van der Waals surface area (Å²) in [6, 6.07) is 20.1. The summed E-state index contributed by atoms with van der Waals surface area (Å²) in [5, 5.41) is 0. The van der Waals surface area contributed by atoms with Crippen LogP contribution in [0.3, 0.4) is 0 Å². The number of esters is 2. The summed E-state index contributed by atoms with van der Waals surface area (Å²) in [7, 11) is 0. The number of hydrogen-bond acceptors (Lipinski definition) is 7. The van der Waals surface area contributed by atoms with E-state index >= 15 is 0 Å². The highest BCUT2D eigenvalue weighted by atomic mass is 19.4. The van der Waals surface area contributed by atoms with Gasteiger partial charge in [0.1, 0.15) is 11.9 Å². The standard InChI is InChI=1S/C27H21F4NO2.C25H28N2O2/c1-15-9-21-20(24-14-34-26(33)23(24)12-22(21)25(28)10-15)8-7-19-6-5-17(13-32-19)16-3-2-4-18(11-16)27(29,30)31;1-16-24-22(21-7-3-2-5-17(21)13-23(24)25(28)29-16)11-10-20-9-8-19(15-27-20)18-6-4-12-26-14-18/h2-11,13,20,23-24H,12,14H2,1H3;4,6,8-12,14-17,21-24H,2-3,5,7,13H2,1H3/b8-7+;11-10+/t20-,23-,24+;16-,17+,21-,22+,23-,24+/m01/s1. The largest absolute Gasteiger partial charge is 0.465 e. The van der Waals surface area contributed by atoms with Crippen LogP contribution in [0, 0.1) is 54.2 Å². The van der Waals surface area contributed by atoms with E-state index in [2.05, 4.69) is 46.2 Å². The number of hydrogen-bond donors (Lipinski definition) is 0. The number of rotatable bonds is 6. The van der Waals surface area contributed by atoms with Crippen LogP contribution in [0.2, 0.25) is 0 Å². The molecular weight excluding hydrogens is 807 g/mol. The number of alkyl halides is 3. The number of allylic oxidation sites excluding steroid dienone is 2. The van der Waals surface area contributed by atoms with Gasteiger partial charge in [0.15, 0.2) is 0 Å². The van der Waals surface area contributed by atoms with Gasteiger partial charge in [0.05, 0.1) is 35.4 Å². The Morgan fingerprint density at radius 1 is 0.762 bits per heavy atom. The van der Waals surface area contributed by atoms with E-state index in [0.29, 0.717) is 52.5 Å². The predicted octanol–water partition coefficient (Wildman–Crippen LogP) is 11.5. The number of halogens is 4. The molecule has 324 valence electrons. The Hall–Kier alpha value is -5.97. The Kier molecular flexibility index (Phi) is 11.9. The highest BCUT2D eigenvalue weighted by Gasteiger charge is 2.53. The van der Waals surface area contributed by atoms with E-state index in [9.17, 15) is 27.2 Å². The van der Waals surface area contributed by atoms with Crippen LogP contribution in [-0.4, -0.2) is 39.6 Å². The van der Waals surface area contributed by atoms with Crippen LogP contribution in [0.4, 0.5) is 17.6 Å². The first-order valence-corrected chi connectivity index (χ1v) is 21.9. The Balaban J connectivity index is 0.000000162. The molecule has 0 spiro atoms. The second kappa shape index (κ2) is 17.7. The third-order valence-electron chi connectivity index (χ3n) is 14.0. The van der Waals surface area contributed by atoms with E-state index in [4.69, 9.17) is 9.47 Å². The minimum atomic E-state index is -4.41. The van der Waals surface area contributed by atoms with Crippen molar-refractivity contribution in [2.24, 2.45) is 41.4 Å². The molecule has 5 aliphatic rings. The monoisotopic (exact) mass is 855 g/mol. The minimum Gasteiger partial charge on any atom is -0.465 e. The number of nitrogens with zero attached hydrogens (tertiary/aromatic N) is 3. The summed E-state index contributed by atoms with van der Waals surface area (Å²) in [4.78, 5) is 37.9. The molecule has 3 aliphatic carbocycles. The van der Waals surface area contributed by atoms with Gasteiger partial charge in [-0.1, -0.05) is 67.8 Å². The first-order valence-electron chi connectivity index (χ1n) is 21.9. The van der Waals surface area contributed by atoms with Gasteiger partial charge < -0.3 is 9.47 Å². The number of aromatic nitrogens is 3. The fourth-order valence-electron chi connectivity index (χ4n) is 10.9. The highest BCUT2D eigenvalue weighted by molar-refractivity contribution is 5.77. The van der Waals surface area contributed by atoms with Crippen molar-refractivity contribution in [2.45, 2.75) is 70.6 Å². The van der Waals surface area contributed by atoms with Crippen molar-refractivity contribution in [1.82, 2.24) is 15.0 Å². The van der Waals surface area contributed by atoms with Crippen LogP contribution in [0.15, 0.2) is 110 Å². The van der Waals surface area contributed by atoms with E-state index in [1.165, 1.54) is 44.0 Å². The topological polar surface area (TPSA) is 91.3 Å². The summed E-state index contributed by atoms with van der Waals surface area (Å²) in [5.74, 6) is 0.896. The second-order valence-electron chi connectivity index (χ2n) is 17.8. The summed E-state index contributed by atoms with van der Waals surface area (Å²) < 4.78 is 64.7. The third kappa shape index (κ3) is 8.84. The Bertz CT molecular complexity index is 2520. The van der Waals surface area contributed by atoms with Gasteiger partial charge in [-0.2, -0.15) is 13.2 Å². The first kappa shape index (κ1) is 42.3. The zero-order chi connectivity index (χ0) is 43.8. The van der Waals surface area contributed by atoms with E-state index < -0.39 is 11.7 Å². The van der Waals surface area contributed by atoms with E-state index in [1.807, 2.05) is 43.6 Å². The molecule has 2 aromatic carbocycles. The van der Waals surface area contributed by atoms with Gasteiger partial charge in [0, 0.05) is 59.2 Å². The molecule has 5 aromatic rings. The molecule has 4 fully saturated rings. The molecule has 2 saturated carbocycles. The SMILES string of the molecule is C[C@H]1OC(=O)[C@@H]2C[C@@H]3CCCC[C@H]3[C@H](/C=C/c3ccc(-c4cccnc4)cn3)[C@H]12.Cc1cc(F)c2c(c1)[C@H](/C=C/c1ccc(-c3cccc(C(F)(F)F)c3)cn1)[C@H]1COC(=O)[C@H]1C2. The zero-order valence-electron chi connectivity index (χ0n) is 35.2. The summed E-state index contributed by atoms with van der Waals surface area (Å²) in [5.41, 5.74) is 6.21. The normalized spacial score (nSPS) is 27.4. The number of aryl methyl sites for hydroxylation is 1. The molecule has 7 nitrogen and oxygen atoms in total. The van der Waals surface area contributed by atoms with Crippen molar-refractivity contribution >= 4 is 24.1 Å². The average Bonchev–Trinajstić information content (AvgIpc) is 3.80. The van der Waals surface area contributed by atoms with E-state index in [1.54, 1.807) is 30.5 Å². The van der Waals surface area contributed by atoms with Gasteiger partial charge in [0.25, 0.3) is 0 Å². The summed E-state index contributed by atoms with van der Waals surface area (Å²) in [6.07, 6.45) is 17.4. The van der Waals surface area contributed by atoms with Crippen molar-refractivity contribution in [1.29, 1.82) is 0 Å². The van der Waals surface area contributed by atoms with E-state index in [0.717, 1.165) is 46.5 Å². The molecule has 0 bridgehead atoms. The smallest absolute Gasteiger partial charge is 0.416 e. The van der Waals surface area contributed by atoms with Crippen molar-refractivity contribution < 1.29 is 36.6 Å². The van der Waals surface area contributed by atoms with Crippen LogP contribution in [0.5, 0.6) is 0 Å². The van der Waals surface area contributed by atoms with Gasteiger partial charge in [-0.3, -0.25) is 24.5 Å². The minimum absolute atomic E-state index is 0.0194. The average molecular weight is 856 g/mol. The number of benzene rings is 2. The van der Waals surface area contributed by atoms with Gasteiger partial charge in [-0.15, -0.1) is 0 Å². The molecule has 63 heavy (non-hydrogen) atoms. The maximum atomic E-state index is 14.7. The molecule has 5 heterocycles. The zero-order valence-corrected chi connectivity index (χ0v) is 35.2. The lowest BCUT2D eigenvalue weighted by atomic mass is 9.57. The molecule has 0 N–H and O–H groups in total. The van der Waals surface area contributed by atoms with Gasteiger partial charge in [-0.25, -0.2) is 4.39 Å². The van der Waals surface area contributed by atoms with E-state index in [-0.39, 0.29) is 54.1 Å². The molecule has 0 unspecified atom stereocenters. The fourth-order valence-corrected chi connectivity index (χ4v) is 10.9. The summed E-state index contributed by atoms with van der Waals surface area (Å²) in [6.45, 7) is 4.20. The second-order valence-corrected chi connectivity index (χ2v) is 17.8. The molecule has 3 aromatic heterocycles. The number of cyclic esters (lactones) is 2. The number of ether oxygens (including phenoxy) is 2. The first-order chi connectivity index (χ1) is 30.4. The van der Waals surface area contributed by atoms with Crippen molar-refractivity contribution in [3.05, 3.63) is 149 Å². The lowest BCUT2D eigenvalue weighted by Crippen LogP contribution is -2.42. The van der Waals surface area contributed by atoms with Crippen LogP contribution >= 0.6 is 0 Å². The Labute approximate surface area is 364 Å². The molecule has 2 saturated heterocycles. The quantitative estimate of drug-likeness (QED) is 0.124. The van der Waals surface area contributed by atoms with Crippen LogP contribution < -0.4 is 0 Å². The summed E-state index contributed by atoms with van der Waals surface area (Å²) >= 11 is 0. The predicted molar refractivity (Wildman–Crippen MR) is 232 cm³/mol.